The predicted octanol–water partition coefficient (Wildman–Crippen LogP) is 4.22. The number of nitrogens with zero attached hydrogens (tertiary/aromatic N) is 1. The van der Waals surface area contributed by atoms with Gasteiger partial charge >= 0.3 is 0 Å². The van der Waals surface area contributed by atoms with E-state index in [2.05, 4.69) is 16.6 Å². The molecule has 0 radical (unpaired) electrons. The molecule has 126 valence electrons. The van der Waals surface area contributed by atoms with Gasteiger partial charge in [0.1, 0.15) is 9.22 Å². The van der Waals surface area contributed by atoms with Crippen molar-refractivity contribution in [1.82, 2.24) is 9.71 Å². The highest BCUT2D eigenvalue weighted by Crippen LogP contribution is 2.30. The molecule has 0 fully saturated rings. The van der Waals surface area contributed by atoms with Crippen LogP contribution in [0, 0.1) is 6.92 Å². The van der Waals surface area contributed by atoms with E-state index in [0.717, 1.165) is 33.8 Å². The van der Waals surface area contributed by atoms with Crippen molar-refractivity contribution in [3.8, 4) is 10.6 Å². The number of rotatable bonds is 6. The van der Waals surface area contributed by atoms with E-state index in [1.54, 1.807) is 17.4 Å². The molecule has 0 unspecified atom stereocenters. The van der Waals surface area contributed by atoms with Gasteiger partial charge in [-0.25, -0.2) is 18.1 Å². The normalized spacial score (nSPS) is 11.8. The van der Waals surface area contributed by atoms with Crippen LogP contribution >= 0.6 is 22.7 Å². The number of nitrogens with one attached hydrogen (secondary N) is 1. The molecule has 0 bridgehead atoms. The Morgan fingerprint density at radius 3 is 2.71 bits per heavy atom. The summed E-state index contributed by atoms with van der Waals surface area (Å²) in [6.07, 6.45) is 0.879. The molecule has 0 spiro atoms. The lowest BCUT2D eigenvalue weighted by Crippen LogP contribution is -2.22. The first kappa shape index (κ1) is 17.3. The van der Waals surface area contributed by atoms with E-state index in [0.29, 0.717) is 4.21 Å². The fraction of sp³-hybridized carbons (Fsp3) is 0.235. The van der Waals surface area contributed by atoms with E-state index >= 15 is 0 Å². The standard InChI is InChI=1S/C17H18N2O2S3/c1-3-15-11-23-17(19-15)14-8-16(22-10-14)24(20,21)18-9-13-6-4-5-12(2)7-13/h4-8,10-11,18H,3,9H2,1-2H3. The van der Waals surface area contributed by atoms with E-state index in [1.807, 2.05) is 41.9 Å². The van der Waals surface area contributed by atoms with Crippen LogP contribution in [0.1, 0.15) is 23.7 Å². The largest absolute Gasteiger partial charge is 0.250 e. The molecule has 2 aromatic heterocycles. The van der Waals surface area contributed by atoms with Gasteiger partial charge in [0, 0.05) is 22.9 Å². The van der Waals surface area contributed by atoms with Crippen molar-refractivity contribution < 1.29 is 8.42 Å². The van der Waals surface area contributed by atoms with E-state index in [-0.39, 0.29) is 6.54 Å². The second-order valence-electron chi connectivity index (χ2n) is 5.47. The average molecular weight is 379 g/mol. The minimum absolute atomic E-state index is 0.286. The summed E-state index contributed by atoms with van der Waals surface area (Å²) in [5, 5.41) is 4.72. The van der Waals surface area contributed by atoms with Gasteiger partial charge in [-0.3, -0.25) is 0 Å². The summed E-state index contributed by atoms with van der Waals surface area (Å²) < 4.78 is 27.9. The molecule has 1 aromatic carbocycles. The van der Waals surface area contributed by atoms with Crippen LogP contribution in [0.3, 0.4) is 0 Å². The molecule has 7 heteroatoms. The molecule has 0 amide bonds. The number of thiophene rings is 1. The summed E-state index contributed by atoms with van der Waals surface area (Å²) in [4.78, 5) is 4.51. The third kappa shape index (κ3) is 3.92. The van der Waals surface area contributed by atoms with Gasteiger partial charge in [0.2, 0.25) is 10.0 Å². The Hall–Kier alpha value is -1.54. The number of hydrogen-bond acceptors (Lipinski definition) is 5. The van der Waals surface area contributed by atoms with Crippen molar-refractivity contribution in [1.29, 1.82) is 0 Å². The van der Waals surface area contributed by atoms with Gasteiger partial charge in [0.25, 0.3) is 0 Å². The number of aromatic nitrogens is 1. The first-order chi connectivity index (χ1) is 11.5. The number of sulfonamides is 1. The molecule has 1 N–H and O–H groups in total. The lowest BCUT2D eigenvalue weighted by molar-refractivity contribution is 0.583. The van der Waals surface area contributed by atoms with Crippen molar-refractivity contribution in [2.24, 2.45) is 0 Å². The molecule has 24 heavy (non-hydrogen) atoms. The van der Waals surface area contributed by atoms with Crippen molar-refractivity contribution >= 4 is 32.7 Å². The zero-order valence-electron chi connectivity index (χ0n) is 13.4. The van der Waals surface area contributed by atoms with Crippen molar-refractivity contribution in [2.45, 2.75) is 31.0 Å². The molecule has 0 atom stereocenters. The number of hydrogen-bond donors (Lipinski definition) is 1. The van der Waals surface area contributed by atoms with Gasteiger partial charge in [0.15, 0.2) is 0 Å². The van der Waals surface area contributed by atoms with Gasteiger partial charge in [-0.2, -0.15) is 0 Å². The maximum absolute atomic E-state index is 12.5. The first-order valence-electron chi connectivity index (χ1n) is 7.56. The summed E-state index contributed by atoms with van der Waals surface area (Å²) in [7, 11) is -3.51. The number of aryl methyl sites for hydroxylation is 2. The van der Waals surface area contributed by atoms with Crippen molar-refractivity contribution in [3.05, 3.63) is 57.9 Å². The quantitative estimate of drug-likeness (QED) is 0.698. The van der Waals surface area contributed by atoms with Gasteiger partial charge in [-0.1, -0.05) is 36.8 Å². The Bertz CT molecular complexity index is 942. The van der Waals surface area contributed by atoms with Crippen LogP contribution < -0.4 is 4.72 Å². The molecule has 0 aliphatic rings. The summed E-state index contributed by atoms with van der Waals surface area (Å²) >= 11 is 2.77. The van der Waals surface area contributed by atoms with Gasteiger partial charge in [-0.15, -0.1) is 22.7 Å². The Morgan fingerprint density at radius 2 is 2.00 bits per heavy atom. The summed E-state index contributed by atoms with van der Waals surface area (Å²) in [6.45, 7) is 4.33. The lowest BCUT2D eigenvalue weighted by atomic mass is 10.1. The maximum atomic E-state index is 12.5. The minimum atomic E-state index is -3.51. The van der Waals surface area contributed by atoms with Crippen LogP contribution in [-0.4, -0.2) is 13.4 Å². The highest BCUT2D eigenvalue weighted by Gasteiger charge is 2.18. The maximum Gasteiger partial charge on any atom is 0.250 e. The van der Waals surface area contributed by atoms with Crippen LogP contribution in [0.25, 0.3) is 10.6 Å². The first-order valence-corrected chi connectivity index (χ1v) is 10.8. The van der Waals surface area contributed by atoms with E-state index in [9.17, 15) is 8.42 Å². The highest BCUT2D eigenvalue weighted by molar-refractivity contribution is 7.91. The smallest absolute Gasteiger partial charge is 0.241 e. The fourth-order valence-electron chi connectivity index (χ4n) is 2.24. The molecular weight excluding hydrogens is 360 g/mol. The molecule has 3 rings (SSSR count). The summed E-state index contributed by atoms with van der Waals surface area (Å²) in [5.74, 6) is 0. The Balaban J connectivity index is 1.75. The topological polar surface area (TPSA) is 59.1 Å². The van der Waals surface area contributed by atoms with Gasteiger partial charge in [0.05, 0.1) is 5.69 Å². The van der Waals surface area contributed by atoms with Gasteiger partial charge in [-0.05, 0) is 25.0 Å². The zero-order valence-corrected chi connectivity index (χ0v) is 15.9. The predicted molar refractivity (Wildman–Crippen MR) is 100 cm³/mol. The molecule has 3 aromatic rings. The molecule has 0 saturated carbocycles. The highest BCUT2D eigenvalue weighted by atomic mass is 32.2. The third-order valence-corrected chi connectivity index (χ3v) is 7.33. The zero-order chi connectivity index (χ0) is 17.2. The monoisotopic (exact) mass is 378 g/mol. The second kappa shape index (κ2) is 7.14. The van der Waals surface area contributed by atoms with Crippen molar-refractivity contribution in [2.75, 3.05) is 0 Å². The van der Waals surface area contributed by atoms with Crippen LogP contribution in [0.4, 0.5) is 0 Å². The second-order valence-corrected chi connectivity index (χ2v) is 9.23. The SMILES string of the molecule is CCc1csc(-c2csc(S(=O)(=O)NCc3cccc(C)c3)c2)n1. The number of benzene rings is 1. The van der Waals surface area contributed by atoms with Gasteiger partial charge < -0.3 is 0 Å². The fourth-order valence-corrected chi connectivity index (χ4v) is 5.44. The average Bonchev–Trinajstić information content (AvgIpc) is 3.22. The van der Waals surface area contributed by atoms with E-state index < -0.39 is 10.0 Å². The van der Waals surface area contributed by atoms with Crippen LogP contribution in [-0.2, 0) is 23.0 Å². The Labute approximate surface area is 150 Å². The molecule has 4 nitrogen and oxygen atoms in total. The van der Waals surface area contributed by atoms with Crippen LogP contribution in [0.2, 0.25) is 0 Å². The summed E-state index contributed by atoms with van der Waals surface area (Å²) in [6, 6.07) is 9.50. The molecule has 0 aliphatic heterocycles. The van der Waals surface area contributed by atoms with Crippen LogP contribution in [0.15, 0.2) is 45.3 Å². The van der Waals surface area contributed by atoms with E-state index in [4.69, 9.17) is 0 Å². The lowest BCUT2D eigenvalue weighted by Gasteiger charge is -2.05. The molecular formula is C17H18N2O2S3. The minimum Gasteiger partial charge on any atom is -0.241 e. The Kier molecular flexibility index (Phi) is 5.15. The molecule has 0 aliphatic carbocycles. The number of thiazole rings is 1. The molecule has 2 heterocycles. The Morgan fingerprint density at radius 1 is 1.17 bits per heavy atom. The van der Waals surface area contributed by atoms with Crippen molar-refractivity contribution in [3.63, 3.8) is 0 Å². The third-order valence-electron chi connectivity index (χ3n) is 3.55. The molecule has 0 saturated heterocycles. The van der Waals surface area contributed by atoms with Crippen LogP contribution in [0.5, 0.6) is 0 Å². The summed E-state index contributed by atoms with van der Waals surface area (Å²) in [5.41, 5.74) is 3.95. The van der Waals surface area contributed by atoms with E-state index in [1.165, 1.54) is 11.3 Å².